The van der Waals surface area contributed by atoms with Crippen molar-refractivity contribution in [2.45, 2.75) is 90.8 Å². The number of aliphatic hydroxyl groups excluding tert-OH is 2. The van der Waals surface area contributed by atoms with Crippen molar-refractivity contribution in [3.8, 4) is 11.8 Å². The summed E-state index contributed by atoms with van der Waals surface area (Å²) in [7, 11) is 0. The first-order chi connectivity index (χ1) is 14.1. The third-order valence-corrected chi connectivity index (χ3v) is 6.77. The van der Waals surface area contributed by atoms with E-state index in [2.05, 4.69) is 36.2 Å². The van der Waals surface area contributed by atoms with Crippen molar-refractivity contribution in [2.24, 2.45) is 23.7 Å². The fourth-order valence-electron chi connectivity index (χ4n) is 4.88. The van der Waals surface area contributed by atoms with E-state index in [1.165, 1.54) is 32.1 Å². The molecule has 0 saturated heterocycles. The van der Waals surface area contributed by atoms with Gasteiger partial charge < -0.3 is 15.5 Å². The van der Waals surface area contributed by atoms with Crippen molar-refractivity contribution in [3.05, 3.63) is 23.8 Å². The van der Waals surface area contributed by atoms with Crippen LogP contribution in [0.1, 0.15) is 78.6 Å². The molecule has 3 nitrogen and oxygen atoms in total. The number of fused-ring (bicyclic) bond motifs is 1. The second kappa shape index (κ2) is 13.3. The summed E-state index contributed by atoms with van der Waals surface area (Å²) in [6, 6.07) is 0. The summed E-state index contributed by atoms with van der Waals surface area (Å²) in [5, 5.41) is 24.4. The molecule has 2 fully saturated rings. The van der Waals surface area contributed by atoms with Crippen molar-refractivity contribution in [2.75, 3.05) is 13.1 Å². The number of aliphatic hydroxyl groups is 2. The van der Waals surface area contributed by atoms with Crippen molar-refractivity contribution in [1.29, 1.82) is 0 Å². The summed E-state index contributed by atoms with van der Waals surface area (Å²) >= 11 is 0. The fourth-order valence-corrected chi connectivity index (χ4v) is 4.88. The Morgan fingerprint density at radius 3 is 2.76 bits per heavy atom. The average Bonchev–Trinajstić information content (AvgIpc) is 3.22. The maximum Gasteiger partial charge on any atom is 0.0755 e. The highest BCUT2D eigenvalue weighted by atomic mass is 16.3. The van der Waals surface area contributed by atoms with Crippen LogP contribution in [0.3, 0.4) is 0 Å². The molecule has 0 aromatic rings. The van der Waals surface area contributed by atoms with Crippen LogP contribution >= 0.6 is 0 Å². The predicted molar refractivity (Wildman–Crippen MR) is 122 cm³/mol. The lowest BCUT2D eigenvalue weighted by Gasteiger charge is -2.19. The molecule has 2 saturated carbocycles. The van der Waals surface area contributed by atoms with Crippen LogP contribution in [0.2, 0.25) is 0 Å². The van der Waals surface area contributed by atoms with Gasteiger partial charge in [-0.3, -0.25) is 0 Å². The third kappa shape index (κ3) is 7.93. The number of rotatable bonds is 12. The molecule has 0 unspecified atom stereocenters. The Hall–Kier alpha value is -1.08. The molecule has 0 aromatic carbocycles. The minimum atomic E-state index is -0.482. The molecule has 0 spiro atoms. The molecular formula is C26H43NO2. The zero-order chi connectivity index (χ0) is 21.1. The molecular weight excluding hydrogens is 358 g/mol. The molecule has 0 aliphatic heterocycles. The van der Waals surface area contributed by atoms with E-state index in [-0.39, 0.29) is 17.9 Å². The van der Waals surface area contributed by atoms with E-state index in [9.17, 15) is 10.2 Å². The highest BCUT2D eigenvalue weighted by molar-refractivity contribution is 5.18. The van der Waals surface area contributed by atoms with Crippen LogP contribution in [-0.2, 0) is 0 Å². The van der Waals surface area contributed by atoms with Gasteiger partial charge in [-0.15, -0.1) is 11.8 Å². The van der Waals surface area contributed by atoms with Gasteiger partial charge in [0, 0.05) is 12.3 Å². The molecule has 2 aliphatic carbocycles. The molecule has 2 rings (SSSR count). The molecule has 3 heteroatoms. The Kier molecular flexibility index (Phi) is 11.1. The molecule has 29 heavy (non-hydrogen) atoms. The van der Waals surface area contributed by atoms with E-state index >= 15 is 0 Å². The first-order valence-corrected chi connectivity index (χ1v) is 11.9. The standard InChI is InChI=1S/C26H43NO2/c1-4-6-11-20(3)25(28)14-13-23-24-18-21(17-22(24)19-26(23)29)12-9-8-10-16-27-15-7-5-2/h12-14,20,22-29H,5,7-11,15-19H2,1-3H3/b14-13+,21-12+/t20-,22-,23+,24-,25+,26+/m0/s1. The monoisotopic (exact) mass is 401 g/mol. The van der Waals surface area contributed by atoms with Gasteiger partial charge in [-0.25, -0.2) is 0 Å². The molecule has 0 heterocycles. The topological polar surface area (TPSA) is 52.5 Å². The molecule has 0 amide bonds. The maximum absolute atomic E-state index is 10.5. The lowest BCUT2D eigenvalue weighted by Crippen LogP contribution is -2.19. The molecule has 6 atom stereocenters. The van der Waals surface area contributed by atoms with E-state index in [1.807, 2.05) is 19.9 Å². The molecule has 0 aromatic heterocycles. The van der Waals surface area contributed by atoms with E-state index in [1.54, 1.807) is 5.57 Å². The Labute approximate surface area is 179 Å². The van der Waals surface area contributed by atoms with Crippen LogP contribution in [0.15, 0.2) is 23.8 Å². The zero-order valence-corrected chi connectivity index (χ0v) is 18.9. The van der Waals surface area contributed by atoms with Gasteiger partial charge in [-0.1, -0.05) is 44.1 Å². The smallest absolute Gasteiger partial charge is 0.0755 e. The Bertz CT molecular complexity index is 585. The fraction of sp³-hybridized carbons (Fsp3) is 0.769. The third-order valence-electron chi connectivity index (χ3n) is 6.77. The maximum atomic E-state index is 10.5. The number of allylic oxidation sites excluding steroid dienone is 2. The van der Waals surface area contributed by atoms with Crippen LogP contribution in [0, 0.1) is 35.5 Å². The summed E-state index contributed by atoms with van der Waals surface area (Å²) in [4.78, 5) is 0. The average molecular weight is 402 g/mol. The van der Waals surface area contributed by atoms with E-state index in [4.69, 9.17) is 0 Å². The molecule has 0 radical (unpaired) electrons. The summed E-state index contributed by atoms with van der Waals surface area (Å²) in [6.07, 6.45) is 15.9. The van der Waals surface area contributed by atoms with E-state index in [0.29, 0.717) is 18.3 Å². The quantitative estimate of drug-likeness (QED) is 0.249. The Balaban J connectivity index is 1.75. The lowest BCUT2D eigenvalue weighted by molar-refractivity contribution is 0.137. The van der Waals surface area contributed by atoms with Crippen molar-refractivity contribution >= 4 is 0 Å². The zero-order valence-electron chi connectivity index (χ0n) is 18.9. The minimum absolute atomic E-state index is 0.128. The minimum Gasteiger partial charge on any atom is -0.392 e. The van der Waals surface area contributed by atoms with Crippen molar-refractivity contribution in [3.63, 3.8) is 0 Å². The number of unbranched alkanes of at least 4 members (excludes halogenated alkanes) is 3. The normalized spacial score (nSPS) is 29.8. The van der Waals surface area contributed by atoms with Gasteiger partial charge in [0.15, 0.2) is 0 Å². The Morgan fingerprint density at radius 2 is 2.00 bits per heavy atom. The molecule has 2 aliphatic rings. The number of hydrogen-bond donors (Lipinski definition) is 3. The van der Waals surface area contributed by atoms with E-state index < -0.39 is 6.10 Å². The van der Waals surface area contributed by atoms with Gasteiger partial charge in [-0.05, 0) is 82.7 Å². The summed E-state index contributed by atoms with van der Waals surface area (Å²) in [5.74, 6) is 7.41. The van der Waals surface area contributed by atoms with Crippen LogP contribution in [0.4, 0.5) is 0 Å². The van der Waals surface area contributed by atoms with Gasteiger partial charge in [0.2, 0.25) is 0 Å². The first-order valence-electron chi connectivity index (χ1n) is 11.9. The van der Waals surface area contributed by atoms with Crippen LogP contribution < -0.4 is 5.32 Å². The number of nitrogens with one attached hydrogen (secondary N) is 1. The van der Waals surface area contributed by atoms with Crippen LogP contribution in [-0.4, -0.2) is 35.5 Å². The van der Waals surface area contributed by atoms with E-state index in [0.717, 1.165) is 32.4 Å². The molecule has 3 N–H and O–H groups in total. The second-order valence-corrected chi connectivity index (χ2v) is 9.16. The van der Waals surface area contributed by atoms with Gasteiger partial charge in [0.25, 0.3) is 0 Å². The van der Waals surface area contributed by atoms with Gasteiger partial charge >= 0.3 is 0 Å². The highest BCUT2D eigenvalue weighted by Gasteiger charge is 2.44. The van der Waals surface area contributed by atoms with Gasteiger partial charge in [-0.2, -0.15) is 0 Å². The predicted octanol–water partition coefficient (Wildman–Crippen LogP) is 4.85. The number of hydrogen-bond acceptors (Lipinski definition) is 3. The molecule has 164 valence electrons. The van der Waals surface area contributed by atoms with Gasteiger partial charge in [0.05, 0.1) is 12.2 Å². The van der Waals surface area contributed by atoms with Crippen molar-refractivity contribution < 1.29 is 10.2 Å². The van der Waals surface area contributed by atoms with Crippen LogP contribution in [0.5, 0.6) is 0 Å². The van der Waals surface area contributed by atoms with Crippen LogP contribution in [0.25, 0.3) is 0 Å². The Morgan fingerprint density at radius 1 is 1.21 bits per heavy atom. The molecule has 0 bridgehead atoms. The first kappa shape index (κ1) is 24.2. The van der Waals surface area contributed by atoms with Gasteiger partial charge in [0.1, 0.15) is 0 Å². The largest absolute Gasteiger partial charge is 0.392 e. The highest BCUT2D eigenvalue weighted by Crippen LogP contribution is 2.50. The summed E-state index contributed by atoms with van der Waals surface area (Å²) < 4.78 is 0. The summed E-state index contributed by atoms with van der Waals surface area (Å²) in [6.45, 7) is 8.38. The van der Waals surface area contributed by atoms with Crippen molar-refractivity contribution in [1.82, 2.24) is 5.32 Å². The lowest BCUT2D eigenvalue weighted by atomic mass is 9.89. The summed E-state index contributed by atoms with van der Waals surface area (Å²) in [5.41, 5.74) is 1.59. The SMILES string of the molecule is CC#CC[C@H](C)[C@H](O)/C=C/[C@@H]1[C@H]2C/C(=C/CCCCNCCCC)C[C@H]2C[C@H]1O. The second-order valence-electron chi connectivity index (χ2n) is 9.16.